The number of benzene rings is 1. The summed E-state index contributed by atoms with van der Waals surface area (Å²) in [6.45, 7) is 1.34. The Labute approximate surface area is 128 Å². The highest BCUT2D eigenvalue weighted by Crippen LogP contribution is 2.21. The van der Waals surface area contributed by atoms with Crippen LogP contribution < -0.4 is 0 Å². The lowest BCUT2D eigenvalue weighted by atomic mass is 10.1. The van der Waals surface area contributed by atoms with Crippen LogP contribution >= 0.6 is 0 Å². The minimum absolute atomic E-state index is 0.152. The van der Waals surface area contributed by atoms with E-state index in [9.17, 15) is 4.79 Å². The second kappa shape index (κ2) is 5.26. The molecule has 0 fully saturated rings. The molecule has 1 N–H and O–H groups in total. The number of carbonyl (C=O) groups excluding carboxylic acids is 1. The predicted octanol–water partition coefficient (Wildman–Crippen LogP) is 2.09. The van der Waals surface area contributed by atoms with E-state index in [1.165, 1.54) is 0 Å². The van der Waals surface area contributed by atoms with Crippen LogP contribution in [0.1, 0.15) is 16.8 Å². The van der Waals surface area contributed by atoms with Crippen LogP contribution in [-0.4, -0.2) is 32.3 Å². The first-order valence-corrected chi connectivity index (χ1v) is 7.42. The zero-order chi connectivity index (χ0) is 14.9. The summed E-state index contributed by atoms with van der Waals surface area (Å²) >= 11 is 0. The second-order valence-electron chi connectivity index (χ2n) is 5.60. The molecule has 5 heteroatoms. The summed E-state index contributed by atoms with van der Waals surface area (Å²) < 4.78 is 0. The zero-order valence-electron chi connectivity index (χ0n) is 12.1. The van der Waals surface area contributed by atoms with E-state index in [-0.39, 0.29) is 5.91 Å². The molecule has 0 unspecified atom stereocenters. The van der Waals surface area contributed by atoms with Gasteiger partial charge in [0.2, 0.25) is 5.91 Å². The molecule has 0 atom stereocenters. The van der Waals surface area contributed by atoms with Gasteiger partial charge in [-0.1, -0.05) is 18.2 Å². The van der Waals surface area contributed by atoms with Gasteiger partial charge in [-0.2, -0.15) is 0 Å². The fourth-order valence-corrected chi connectivity index (χ4v) is 3.03. The van der Waals surface area contributed by atoms with Crippen LogP contribution in [0, 0.1) is 0 Å². The molecule has 1 amide bonds. The van der Waals surface area contributed by atoms with E-state index in [4.69, 9.17) is 0 Å². The molecular formula is C17H16N4O. The number of fused-ring (bicyclic) bond motifs is 2. The highest BCUT2D eigenvalue weighted by molar-refractivity contribution is 5.88. The number of rotatable bonds is 2. The number of aromatic nitrogens is 3. The third kappa shape index (κ3) is 2.24. The van der Waals surface area contributed by atoms with Crippen LogP contribution in [0.3, 0.4) is 0 Å². The molecule has 2 aromatic heterocycles. The van der Waals surface area contributed by atoms with Crippen molar-refractivity contribution in [1.82, 2.24) is 19.9 Å². The van der Waals surface area contributed by atoms with Crippen molar-refractivity contribution in [3.8, 4) is 0 Å². The van der Waals surface area contributed by atoms with E-state index < -0.39 is 0 Å². The van der Waals surface area contributed by atoms with Crippen molar-refractivity contribution in [2.45, 2.75) is 19.4 Å². The van der Waals surface area contributed by atoms with Crippen LogP contribution in [0.2, 0.25) is 0 Å². The number of aromatic amines is 1. The minimum Gasteiger partial charge on any atom is -0.361 e. The maximum absolute atomic E-state index is 12.6. The number of nitrogens with one attached hydrogen (secondary N) is 1. The van der Waals surface area contributed by atoms with E-state index in [0.29, 0.717) is 13.0 Å². The summed E-state index contributed by atoms with van der Waals surface area (Å²) in [6.07, 6.45) is 6.55. The van der Waals surface area contributed by atoms with Crippen molar-refractivity contribution in [1.29, 1.82) is 0 Å². The Kier molecular flexibility index (Phi) is 3.11. The topological polar surface area (TPSA) is 61.9 Å². The Morgan fingerprint density at radius 3 is 3.18 bits per heavy atom. The third-order valence-corrected chi connectivity index (χ3v) is 4.23. The Bertz CT molecular complexity index is 839. The average molecular weight is 292 g/mol. The first-order chi connectivity index (χ1) is 10.8. The highest BCUT2D eigenvalue weighted by Gasteiger charge is 2.22. The molecule has 0 spiro atoms. The lowest BCUT2D eigenvalue weighted by molar-refractivity contribution is -0.131. The van der Waals surface area contributed by atoms with Gasteiger partial charge in [-0.3, -0.25) is 4.79 Å². The summed E-state index contributed by atoms with van der Waals surface area (Å²) in [5.41, 5.74) is 4.24. The number of H-pyrrole nitrogens is 1. The van der Waals surface area contributed by atoms with Gasteiger partial charge in [0, 0.05) is 48.4 Å². The molecule has 0 radical (unpaired) electrons. The number of hydrogen-bond donors (Lipinski definition) is 1. The first-order valence-electron chi connectivity index (χ1n) is 7.42. The average Bonchev–Trinajstić information content (AvgIpc) is 2.97. The number of amides is 1. The van der Waals surface area contributed by atoms with E-state index in [1.807, 2.05) is 41.6 Å². The smallest absolute Gasteiger partial charge is 0.227 e. The Morgan fingerprint density at radius 2 is 2.23 bits per heavy atom. The van der Waals surface area contributed by atoms with Crippen LogP contribution in [0.4, 0.5) is 0 Å². The number of nitrogens with zero attached hydrogens (tertiary/aromatic N) is 3. The van der Waals surface area contributed by atoms with E-state index in [0.717, 1.165) is 40.7 Å². The molecule has 0 bridgehead atoms. The summed E-state index contributed by atoms with van der Waals surface area (Å²) in [5, 5.41) is 1.12. The number of para-hydroxylation sites is 1. The molecule has 1 aliphatic rings. The van der Waals surface area contributed by atoms with Gasteiger partial charge in [0.25, 0.3) is 0 Å². The van der Waals surface area contributed by atoms with E-state index >= 15 is 0 Å². The molecule has 22 heavy (non-hydrogen) atoms. The van der Waals surface area contributed by atoms with Gasteiger partial charge >= 0.3 is 0 Å². The SMILES string of the molecule is O=C(Cc1c[nH]c2ccccc12)N1CCc2ncncc2C1. The van der Waals surface area contributed by atoms with Gasteiger partial charge in [-0.15, -0.1) is 0 Å². The maximum atomic E-state index is 12.6. The van der Waals surface area contributed by atoms with Crippen molar-refractivity contribution in [3.63, 3.8) is 0 Å². The third-order valence-electron chi connectivity index (χ3n) is 4.23. The monoisotopic (exact) mass is 292 g/mol. The van der Waals surface area contributed by atoms with Gasteiger partial charge in [0.1, 0.15) is 6.33 Å². The molecule has 3 aromatic rings. The van der Waals surface area contributed by atoms with Crippen molar-refractivity contribution in [3.05, 3.63) is 59.8 Å². The van der Waals surface area contributed by atoms with Gasteiger partial charge < -0.3 is 9.88 Å². The standard InChI is InChI=1S/C17H16N4O/c22-17(7-12-9-19-16-4-2-1-3-14(12)16)21-6-5-15-13(10-21)8-18-11-20-15/h1-4,8-9,11,19H,5-7,10H2. The zero-order valence-corrected chi connectivity index (χ0v) is 12.1. The highest BCUT2D eigenvalue weighted by atomic mass is 16.2. The Hall–Kier alpha value is -2.69. The van der Waals surface area contributed by atoms with Gasteiger partial charge in [-0.25, -0.2) is 9.97 Å². The lowest BCUT2D eigenvalue weighted by Gasteiger charge is -2.27. The molecule has 4 rings (SSSR count). The fraction of sp³-hybridized carbons (Fsp3) is 0.235. The second-order valence-corrected chi connectivity index (χ2v) is 5.60. The van der Waals surface area contributed by atoms with E-state index in [1.54, 1.807) is 6.33 Å². The van der Waals surface area contributed by atoms with Crippen molar-refractivity contribution < 1.29 is 4.79 Å². The largest absolute Gasteiger partial charge is 0.361 e. The first kappa shape index (κ1) is 13.0. The van der Waals surface area contributed by atoms with Crippen LogP contribution in [0.15, 0.2) is 43.0 Å². The van der Waals surface area contributed by atoms with Crippen LogP contribution in [0.25, 0.3) is 10.9 Å². The quantitative estimate of drug-likeness (QED) is 0.786. The normalized spacial score (nSPS) is 14.1. The Balaban J connectivity index is 1.54. The summed E-state index contributed by atoms with van der Waals surface area (Å²) in [4.78, 5) is 26.0. The van der Waals surface area contributed by atoms with E-state index in [2.05, 4.69) is 15.0 Å². The number of carbonyl (C=O) groups is 1. The molecule has 0 aliphatic carbocycles. The van der Waals surface area contributed by atoms with Gasteiger partial charge in [0.05, 0.1) is 12.1 Å². The molecule has 5 nitrogen and oxygen atoms in total. The molecule has 1 aromatic carbocycles. The summed E-state index contributed by atoms with van der Waals surface area (Å²) in [6, 6.07) is 8.07. The molecular weight excluding hydrogens is 276 g/mol. The Morgan fingerprint density at radius 1 is 1.32 bits per heavy atom. The predicted molar refractivity (Wildman–Crippen MR) is 83.2 cm³/mol. The summed E-state index contributed by atoms with van der Waals surface area (Å²) in [5.74, 6) is 0.152. The van der Waals surface area contributed by atoms with Crippen molar-refractivity contribution in [2.24, 2.45) is 0 Å². The summed E-state index contributed by atoms with van der Waals surface area (Å²) in [7, 11) is 0. The lowest BCUT2D eigenvalue weighted by Crippen LogP contribution is -2.37. The number of hydrogen-bond acceptors (Lipinski definition) is 3. The van der Waals surface area contributed by atoms with Crippen LogP contribution in [-0.2, 0) is 24.2 Å². The molecule has 3 heterocycles. The molecule has 1 aliphatic heterocycles. The van der Waals surface area contributed by atoms with Crippen molar-refractivity contribution >= 4 is 16.8 Å². The molecule has 0 saturated heterocycles. The minimum atomic E-state index is 0.152. The van der Waals surface area contributed by atoms with Crippen LogP contribution in [0.5, 0.6) is 0 Å². The molecule has 0 saturated carbocycles. The molecule has 110 valence electrons. The van der Waals surface area contributed by atoms with Crippen molar-refractivity contribution in [2.75, 3.05) is 6.54 Å². The van der Waals surface area contributed by atoms with Gasteiger partial charge in [-0.05, 0) is 11.6 Å². The van der Waals surface area contributed by atoms with Gasteiger partial charge in [0.15, 0.2) is 0 Å². The maximum Gasteiger partial charge on any atom is 0.227 e. The fourth-order valence-electron chi connectivity index (χ4n) is 3.03.